The van der Waals surface area contributed by atoms with E-state index in [9.17, 15) is 33.6 Å². The number of hydrogen-bond acceptors (Lipinski definition) is 10. The van der Waals surface area contributed by atoms with Crippen LogP contribution < -0.4 is 21.3 Å². The van der Waals surface area contributed by atoms with Crippen molar-refractivity contribution in [2.45, 2.75) is 82.1 Å². The number of alkyl carbamates (subject to hydrolysis) is 2. The summed E-state index contributed by atoms with van der Waals surface area (Å²) in [5.74, 6) is -0.497. The Hall–Kier alpha value is -3.71. The number of carbonyl (C=O) groups excluding carboxylic acids is 7. The van der Waals surface area contributed by atoms with Gasteiger partial charge in [-0.3, -0.25) is 19.2 Å². The molecule has 0 radical (unpaired) electrons. The number of carbonyl (C=O) groups is 7. The van der Waals surface area contributed by atoms with Gasteiger partial charge in [0.25, 0.3) is 0 Å². The zero-order valence-electron chi connectivity index (χ0n) is 25.2. The van der Waals surface area contributed by atoms with Crippen molar-refractivity contribution in [3.8, 4) is 0 Å². The maximum atomic E-state index is 10.5. The first-order valence-corrected chi connectivity index (χ1v) is 12.6. The maximum Gasteiger partial charge on any atom is 0.408 e. The number of rotatable bonds is 10. The molecule has 39 heavy (non-hydrogen) atoms. The summed E-state index contributed by atoms with van der Waals surface area (Å²) in [7, 11) is 0. The van der Waals surface area contributed by atoms with E-state index in [0.29, 0.717) is 32.8 Å². The Bertz CT molecular complexity index is 678. The third-order valence-electron chi connectivity index (χ3n) is 3.06. The fraction of sp³-hybridized carbons (Fsp3) is 0.720. The summed E-state index contributed by atoms with van der Waals surface area (Å²) in [6.45, 7) is 19.1. The molecule has 4 amide bonds. The summed E-state index contributed by atoms with van der Waals surface area (Å²) in [5, 5.41) is 9.76. The van der Waals surface area contributed by atoms with Crippen LogP contribution in [0.15, 0.2) is 0 Å². The second kappa shape index (κ2) is 36.4. The van der Waals surface area contributed by atoms with Gasteiger partial charge < -0.3 is 40.3 Å². The van der Waals surface area contributed by atoms with Crippen molar-refractivity contribution in [1.82, 2.24) is 21.3 Å². The van der Waals surface area contributed by atoms with Crippen molar-refractivity contribution in [1.29, 1.82) is 0 Å². The smallest absolute Gasteiger partial charge is 0.408 e. The Morgan fingerprint density at radius 1 is 0.513 bits per heavy atom. The molecule has 0 aromatic carbocycles. The maximum absolute atomic E-state index is 10.5. The number of ether oxygens (including phenoxy) is 3. The normalized spacial score (nSPS) is 8.26. The van der Waals surface area contributed by atoms with Gasteiger partial charge in [-0.2, -0.15) is 0 Å². The van der Waals surface area contributed by atoms with Gasteiger partial charge in [-0.15, -0.1) is 0 Å². The second-order valence-electron chi connectivity index (χ2n) is 6.88. The minimum Gasteiger partial charge on any atom is -0.466 e. The fourth-order valence-corrected chi connectivity index (χ4v) is 1.41. The molecule has 0 fully saturated rings. The highest BCUT2D eigenvalue weighted by Crippen LogP contribution is 1.86. The van der Waals surface area contributed by atoms with Crippen molar-refractivity contribution in [3.05, 3.63) is 0 Å². The van der Waals surface area contributed by atoms with E-state index in [4.69, 9.17) is 0 Å². The lowest BCUT2D eigenvalue weighted by atomic mass is 10.3. The number of amides is 4. The Morgan fingerprint density at radius 2 is 0.897 bits per heavy atom. The molecule has 0 aliphatic heterocycles. The van der Waals surface area contributed by atoms with Crippen LogP contribution in [0.2, 0.25) is 0 Å². The highest BCUT2D eigenvalue weighted by molar-refractivity contribution is 5.94. The highest BCUT2D eigenvalue weighted by atomic mass is 16.6. The number of hydrogen-bond donors (Lipinski definition) is 4. The van der Waals surface area contributed by atoms with E-state index >= 15 is 0 Å². The van der Waals surface area contributed by atoms with Gasteiger partial charge in [0.2, 0.25) is 11.8 Å². The lowest BCUT2D eigenvalue weighted by Gasteiger charge is -2.04. The summed E-state index contributed by atoms with van der Waals surface area (Å²) in [6, 6.07) is 0. The molecule has 0 unspecified atom stereocenters. The first-order chi connectivity index (χ1) is 18.2. The van der Waals surface area contributed by atoms with Crippen LogP contribution in [-0.2, 0) is 38.2 Å². The van der Waals surface area contributed by atoms with E-state index in [0.717, 1.165) is 6.54 Å². The van der Waals surface area contributed by atoms with Gasteiger partial charge in [-0.25, -0.2) is 9.59 Å². The largest absolute Gasteiger partial charge is 0.466 e. The van der Waals surface area contributed by atoms with E-state index in [1.807, 2.05) is 20.8 Å². The standard InChI is InChI=1S/C6H12N2O3.C6H10O3.C5H11NO2.C4H9NO.C4H8O/c1-3-11-6(10)8-4-7-5(2)9;1-3-9-6(8)4-5(2)7;1-3-6-5(7)8-4-2;1-3-5-4(2)6;1-3-4(2)5/h3-4H2,1-2H3,(H,7,9)(H,8,10);3-4H2,1-2H3;3-4H2,1-2H3,(H,6,7);3H2,1-2H3,(H,5,6);3H2,1-2H3. The van der Waals surface area contributed by atoms with E-state index in [-0.39, 0.29) is 42.6 Å². The van der Waals surface area contributed by atoms with Gasteiger partial charge in [0.05, 0.1) is 26.5 Å². The number of nitrogens with one attached hydrogen (secondary N) is 4. The molecule has 0 aromatic heterocycles. The van der Waals surface area contributed by atoms with E-state index in [2.05, 4.69) is 35.5 Å². The lowest BCUT2D eigenvalue weighted by Crippen LogP contribution is -2.36. The van der Waals surface area contributed by atoms with Crippen molar-refractivity contribution >= 4 is 41.5 Å². The Labute approximate surface area is 232 Å². The zero-order chi connectivity index (χ0) is 31.6. The molecule has 4 N–H and O–H groups in total. The minimum absolute atomic E-state index is 0.0394. The van der Waals surface area contributed by atoms with Crippen LogP contribution in [0.25, 0.3) is 0 Å². The molecule has 14 nitrogen and oxygen atoms in total. The van der Waals surface area contributed by atoms with Crippen LogP contribution in [0.5, 0.6) is 0 Å². The number of Topliss-reactive ketones (excluding diaryl/α,β-unsaturated/α-hetero) is 2. The van der Waals surface area contributed by atoms with E-state index in [1.54, 1.807) is 27.7 Å². The predicted octanol–water partition coefficient (Wildman–Crippen LogP) is 2.23. The quantitative estimate of drug-likeness (QED) is 0.132. The van der Waals surface area contributed by atoms with Gasteiger partial charge in [0, 0.05) is 33.4 Å². The molecule has 0 saturated carbocycles. The molecule has 0 aromatic rings. The van der Waals surface area contributed by atoms with Crippen molar-refractivity contribution in [2.24, 2.45) is 0 Å². The average molecular weight is 567 g/mol. The van der Waals surface area contributed by atoms with Gasteiger partial charge >= 0.3 is 18.2 Å². The van der Waals surface area contributed by atoms with Crippen LogP contribution in [0.4, 0.5) is 9.59 Å². The molecular weight excluding hydrogens is 516 g/mol. The van der Waals surface area contributed by atoms with Crippen molar-refractivity contribution in [3.63, 3.8) is 0 Å². The third kappa shape index (κ3) is 65.9. The summed E-state index contributed by atoms with van der Waals surface area (Å²) in [5.41, 5.74) is 0. The number of ketones is 2. The van der Waals surface area contributed by atoms with Crippen LogP contribution >= 0.6 is 0 Å². The zero-order valence-corrected chi connectivity index (χ0v) is 25.2. The van der Waals surface area contributed by atoms with Crippen molar-refractivity contribution in [2.75, 3.05) is 39.6 Å². The Balaban J connectivity index is -0.000000127. The molecule has 230 valence electrons. The molecule has 0 heterocycles. The summed E-state index contributed by atoms with van der Waals surface area (Å²) >= 11 is 0. The molecule has 0 aliphatic rings. The first kappa shape index (κ1) is 45.2. The van der Waals surface area contributed by atoms with Crippen LogP contribution in [-0.4, -0.2) is 81.1 Å². The lowest BCUT2D eigenvalue weighted by molar-refractivity contribution is -0.145. The monoisotopic (exact) mass is 566 g/mol. The number of esters is 1. The van der Waals surface area contributed by atoms with Gasteiger partial charge in [0.1, 0.15) is 18.0 Å². The van der Waals surface area contributed by atoms with Crippen LogP contribution in [0.3, 0.4) is 0 Å². The third-order valence-corrected chi connectivity index (χ3v) is 3.06. The average Bonchev–Trinajstić information content (AvgIpc) is 2.80. The first-order valence-electron chi connectivity index (χ1n) is 12.6. The van der Waals surface area contributed by atoms with Crippen LogP contribution in [0.1, 0.15) is 82.1 Å². The molecule has 0 atom stereocenters. The summed E-state index contributed by atoms with van der Waals surface area (Å²) < 4.78 is 13.5. The highest BCUT2D eigenvalue weighted by Gasteiger charge is 2.03. The van der Waals surface area contributed by atoms with Gasteiger partial charge in [0.15, 0.2) is 0 Å². The fourth-order valence-electron chi connectivity index (χ4n) is 1.41. The Morgan fingerprint density at radius 3 is 1.15 bits per heavy atom. The summed E-state index contributed by atoms with van der Waals surface area (Å²) in [4.78, 5) is 71.5. The van der Waals surface area contributed by atoms with Crippen molar-refractivity contribution < 1.29 is 47.8 Å². The van der Waals surface area contributed by atoms with E-state index < -0.39 is 12.1 Å². The minimum atomic E-state index is -0.527. The van der Waals surface area contributed by atoms with Gasteiger partial charge in [-0.1, -0.05) is 6.92 Å². The SMILES string of the molecule is CCC(C)=O.CCNC(=O)OCC.CCNC(C)=O.CCOC(=O)CC(C)=O.CCOC(=O)NCNC(C)=O. The molecule has 0 spiro atoms. The van der Waals surface area contributed by atoms with Gasteiger partial charge in [-0.05, 0) is 48.5 Å². The molecule has 0 aliphatic carbocycles. The predicted molar refractivity (Wildman–Crippen MR) is 147 cm³/mol. The molecule has 0 rings (SSSR count). The molecule has 0 bridgehead atoms. The summed E-state index contributed by atoms with van der Waals surface area (Å²) in [6.07, 6.45) is -0.301. The van der Waals surface area contributed by atoms with Crippen LogP contribution in [0, 0.1) is 0 Å². The van der Waals surface area contributed by atoms with E-state index in [1.165, 1.54) is 20.8 Å². The topological polar surface area (TPSA) is 195 Å². The molecule has 0 saturated heterocycles. The Kier molecular flexibility index (Phi) is 42.3. The molecule has 14 heteroatoms. The molecular formula is C25H50N4O10. The second-order valence-corrected chi connectivity index (χ2v) is 6.88.